The van der Waals surface area contributed by atoms with Crippen LogP contribution < -0.4 is 4.74 Å². The number of methoxy groups -OCH3 is 1. The van der Waals surface area contributed by atoms with E-state index in [0.717, 1.165) is 14.9 Å². The van der Waals surface area contributed by atoms with Gasteiger partial charge in [0.05, 0.1) is 7.11 Å². The van der Waals surface area contributed by atoms with E-state index >= 15 is 0 Å². The maximum Gasteiger partial charge on any atom is 0.134 e. The van der Waals surface area contributed by atoms with Crippen LogP contribution in [-0.2, 0) is 11.2 Å². The summed E-state index contributed by atoms with van der Waals surface area (Å²) in [6.45, 7) is 1.59. The van der Waals surface area contributed by atoms with Gasteiger partial charge in [-0.25, -0.2) is 0 Å². The molecular weight excluding hydrogens is 279 g/mol. The van der Waals surface area contributed by atoms with Crippen molar-refractivity contribution in [3.63, 3.8) is 0 Å². The second kappa shape index (κ2) is 4.60. The molecule has 0 heterocycles. The van der Waals surface area contributed by atoms with Crippen LogP contribution in [-0.4, -0.2) is 12.9 Å². The fourth-order valence-corrected chi connectivity index (χ4v) is 1.81. The Bertz CT molecular complexity index is 321. The fourth-order valence-electron chi connectivity index (χ4n) is 1.15. The van der Waals surface area contributed by atoms with Gasteiger partial charge < -0.3 is 4.74 Å². The molecule has 0 spiro atoms. The van der Waals surface area contributed by atoms with Crippen molar-refractivity contribution in [2.24, 2.45) is 0 Å². The smallest absolute Gasteiger partial charge is 0.134 e. The summed E-state index contributed by atoms with van der Waals surface area (Å²) in [5.74, 6) is 0.949. The van der Waals surface area contributed by atoms with Crippen molar-refractivity contribution in [2.75, 3.05) is 7.11 Å². The molecule has 1 rings (SSSR count). The Hall–Kier alpha value is -0.580. The van der Waals surface area contributed by atoms with Crippen LogP contribution in [0.2, 0.25) is 0 Å². The number of ether oxygens (including phenoxy) is 1. The number of halogens is 1. The Morgan fingerprint density at radius 2 is 2.23 bits per heavy atom. The molecule has 0 aliphatic heterocycles. The number of carbonyl (C=O) groups is 1. The zero-order chi connectivity index (χ0) is 9.84. The van der Waals surface area contributed by atoms with E-state index in [4.69, 9.17) is 4.74 Å². The molecule has 0 N–H and O–H groups in total. The molecule has 0 saturated heterocycles. The molecule has 0 atom stereocenters. The maximum absolute atomic E-state index is 11.0. The summed E-state index contributed by atoms with van der Waals surface area (Å²) in [5, 5.41) is 0. The van der Waals surface area contributed by atoms with Gasteiger partial charge in [-0.05, 0) is 41.6 Å². The van der Waals surface area contributed by atoms with Crippen LogP contribution in [0.5, 0.6) is 5.75 Å². The van der Waals surface area contributed by atoms with Crippen LogP contribution in [0.4, 0.5) is 0 Å². The molecule has 0 bridgehead atoms. The molecule has 0 saturated carbocycles. The predicted molar refractivity (Wildman–Crippen MR) is 60.1 cm³/mol. The van der Waals surface area contributed by atoms with Crippen LogP contribution in [0.25, 0.3) is 0 Å². The van der Waals surface area contributed by atoms with E-state index in [0.29, 0.717) is 6.42 Å². The Labute approximate surface area is 91.4 Å². The lowest BCUT2D eigenvalue weighted by molar-refractivity contribution is -0.116. The van der Waals surface area contributed by atoms with Crippen LogP contribution in [0.3, 0.4) is 0 Å². The molecule has 0 aliphatic rings. The number of hydrogen-bond donors (Lipinski definition) is 0. The fraction of sp³-hybridized carbons (Fsp3) is 0.300. The summed E-state index contributed by atoms with van der Waals surface area (Å²) in [6, 6.07) is 5.77. The predicted octanol–water partition coefficient (Wildman–Crippen LogP) is 2.43. The zero-order valence-corrected chi connectivity index (χ0v) is 9.79. The first-order valence-electron chi connectivity index (χ1n) is 3.96. The van der Waals surface area contributed by atoms with Crippen LogP contribution >= 0.6 is 22.6 Å². The highest BCUT2D eigenvalue weighted by Crippen LogP contribution is 2.24. The van der Waals surface area contributed by atoms with Gasteiger partial charge in [0.1, 0.15) is 11.5 Å². The van der Waals surface area contributed by atoms with Gasteiger partial charge in [-0.3, -0.25) is 4.79 Å². The van der Waals surface area contributed by atoms with Crippen LogP contribution in [0, 0.1) is 3.57 Å². The Morgan fingerprint density at radius 3 is 2.77 bits per heavy atom. The second-order valence-electron chi connectivity index (χ2n) is 2.80. The van der Waals surface area contributed by atoms with Gasteiger partial charge in [0.25, 0.3) is 0 Å². The Morgan fingerprint density at radius 1 is 1.54 bits per heavy atom. The molecular formula is C10H11IO2. The molecule has 0 amide bonds. The molecule has 0 aromatic heterocycles. The SMILES string of the molecule is COc1cccc(I)c1CC(C)=O. The summed E-state index contributed by atoms with van der Waals surface area (Å²) in [5.41, 5.74) is 0.984. The van der Waals surface area contributed by atoms with Crippen molar-refractivity contribution in [2.45, 2.75) is 13.3 Å². The van der Waals surface area contributed by atoms with E-state index in [1.165, 1.54) is 0 Å². The van der Waals surface area contributed by atoms with Gasteiger partial charge in [-0.2, -0.15) is 0 Å². The number of Topliss-reactive ketones (excluding diaryl/α,β-unsaturated/α-hetero) is 1. The molecule has 3 heteroatoms. The molecule has 1 aromatic rings. The van der Waals surface area contributed by atoms with Crippen molar-refractivity contribution in [3.05, 3.63) is 27.3 Å². The average molecular weight is 290 g/mol. The van der Waals surface area contributed by atoms with Crippen molar-refractivity contribution in [1.29, 1.82) is 0 Å². The molecule has 2 nitrogen and oxygen atoms in total. The number of hydrogen-bond acceptors (Lipinski definition) is 2. The maximum atomic E-state index is 11.0. The second-order valence-corrected chi connectivity index (χ2v) is 3.96. The van der Waals surface area contributed by atoms with Crippen molar-refractivity contribution >= 4 is 28.4 Å². The number of ketones is 1. The van der Waals surface area contributed by atoms with Gasteiger partial charge in [0.2, 0.25) is 0 Å². The lowest BCUT2D eigenvalue weighted by atomic mass is 10.1. The average Bonchev–Trinajstić information content (AvgIpc) is 2.08. The first-order valence-corrected chi connectivity index (χ1v) is 5.04. The highest BCUT2D eigenvalue weighted by atomic mass is 127. The quantitative estimate of drug-likeness (QED) is 0.799. The van der Waals surface area contributed by atoms with Gasteiger partial charge in [0.15, 0.2) is 0 Å². The molecule has 0 aliphatic carbocycles. The number of carbonyl (C=O) groups excluding carboxylic acids is 1. The molecule has 1 aromatic carbocycles. The van der Waals surface area contributed by atoms with Crippen molar-refractivity contribution < 1.29 is 9.53 Å². The molecule has 0 fully saturated rings. The number of rotatable bonds is 3. The normalized spacial score (nSPS) is 9.77. The summed E-state index contributed by atoms with van der Waals surface area (Å²) < 4.78 is 6.25. The van der Waals surface area contributed by atoms with Crippen LogP contribution in [0.15, 0.2) is 18.2 Å². The third kappa shape index (κ3) is 2.69. The van der Waals surface area contributed by atoms with Gasteiger partial charge >= 0.3 is 0 Å². The lowest BCUT2D eigenvalue weighted by Gasteiger charge is -2.08. The molecule has 0 radical (unpaired) electrons. The van der Waals surface area contributed by atoms with Gasteiger partial charge in [0, 0.05) is 15.6 Å². The van der Waals surface area contributed by atoms with E-state index in [2.05, 4.69) is 22.6 Å². The number of benzene rings is 1. The minimum Gasteiger partial charge on any atom is -0.496 e. The Kier molecular flexibility index (Phi) is 3.71. The molecule has 13 heavy (non-hydrogen) atoms. The first-order chi connectivity index (χ1) is 6.15. The molecule has 70 valence electrons. The summed E-state index contributed by atoms with van der Waals surface area (Å²) in [4.78, 5) is 11.0. The topological polar surface area (TPSA) is 26.3 Å². The van der Waals surface area contributed by atoms with E-state index in [-0.39, 0.29) is 5.78 Å². The first kappa shape index (κ1) is 10.5. The van der Waals surface area contributed by atoms with Crippen molar-refractivity contribution in [3.8, 4) is 5.75 Å². The van der Waals surface area contributed by atoms with E-state index in [1.807, 2.05) is 18.2 Å². The minimum absolute atomic E-state index is 0.155. The monoisotopic (exact) mass is 290 g/mol. The third-order valence-corrected chi connectivity index (χ3v) is 2.73. The zero-order valence-electron chi connectivity index (χ0n) is 7.63. The highest BCUT2D eigenvalue weighted by molar-refractivity contribution is 14.1. The van der Waals surface area contributed by atoms with E-state index < -0.39 is 0 Å². The van der Waals surface area contributed by atoms with Crippen LogP contribution in [0.1, 0.15) is 12.5 Å². The third-order valence-electron chi connectivity index (χ3n) is 1.72. The highest BCUT2D eigenvalue weighted by Gasteiger charge is 2.08. The van der Waals surface area contributed by atoms with Gasteiger partial charge in [-0.15, -0.1) is 0 Å². The lowest BCUT2D eigenvalue weighted by Crippen LogP contribution is -2.01. The largest absolute Gasteiger partial charge is 0.496 e. The van der Waals surface area contributed by atoms with E-state index in [1.54, 1.807) is 14.0 Å². The summed E-state index contributed by atoms with van der Waals surface area (Å²) >= 11 is 2.21. The van der Waals surface area contributed by atoms with E-state index in [9.17, 15) is 4.79 Å². The minimum atomic E-state index is 0.155. The summed E-state index contributed by atoms with van der Waals surface area (Å²) in [6.07, 6.45) is 0.447. The van der Waals surface area contributed by atoms with Crippen molar-refractivity contribution in [1.82, 2.24) is 0 Å². The Balaban J connectivity index is 3.07. The van der Waals surface area contributed by atoms with Gasteiger partial charge in [-0.1, -0.05) is 6.07 Å². The summed E-state index contributed by atoms with van der Waals surface area (Å²) in [7, 11) is 1.62. The standard InChI is InChI=1S/C10H11IO2/c1-7(12)6-8-9(11)4-3-5-10(8)13-2/h3-5H,6H2,1-2H3. The molecule has 0 unspecified atom stereocenters.